The fraction of sp³-hybridized carbons (Fsp3) is 0.143. The number of hydrogen-bond acceptors (Lipinski definition) is 5. The van der Waals surface area contributed by atoms with Gasteiger partial charge in [-0.2, -0.15) is 21.6 Å². The number of hydrogen-bond donors (Lipinski definition) is 0. The molecule has 0 fully saturated rings. The predicted octanol–water partition coefficient (Wildman–Crippen LogP) is 3.13. The van der Waals surface area contributed by atoms with Crippen LogP contribution in [0.5, 0.6) is 5.75 Å². The van der Waals surface area contributed by atoms with Crippen LogP contribution in [0, 0.1) is 10.1 Å². The van der Waals surface area contributed by atoms with Crippen molar-refractivity contribution in [2.24, 2.45) is 0 Å². The summed E-state index contributed by atoms with van der Waals surface area (Å²) in [6.07, 6.45) is 0. The van der Waals surface area contributed by atoms with Gasteiger partial charge < -0.3 is 4.18 Å². The minimum atomic E-state index is -6.07. The zero-order chi connectivity index (χ0) is 15.0. The van der Waals surface area contributed by atoms with E-state index in [9.17, 15) is 31.7 Å². The topological polar surface area (TPSA) is 86.5 Å². The molecular weight excluding hydrogens is 338 g/mol. The molecule has 0 amide bonds. The van der Waals surface area contributed by atoms with E-state index in [0.29, 0.717) is 6.07 Å². The van der Waals surface area contributed by atoms with Crippen molar-refractivity contribution in [3.8, 4) is 5.75 Å². The minimum Gasteiger partial charge on any atom is -0.367 e. The first-order valence-corrected chi connectivity index (χ1v) is 6.26. The SMILES string of the molecule is O=[N+]([O-])c1cc(Cl)cc(Cl)c1OS(=O)(=O)C(F)(F)F. The highest BCUT2D eigenvalue weighted by Crippen LogP contribution is 2.40. The Bertz CT molecular complexity index is 630. The summed E-state index contributed by atoms with van der Waals surface area (Å²) in [7, 11) is -6.07. The molecular formula is C7H2Cl2F3NO5S. The molecule has 0 spiro atoms. The van der Waals surface area contributed by atoms with Gasteiger partial charge >= 0.3 is 21.3 Å². The van der Waals surface area contributed by atoms with Gasteiger partial charge in [-0.25, -0.2) is 0 Å². The van der Waals surface area contributed by atoms with Crippen LogP contribution in [-0.4, -0.2) is 18.8 Å². The molecule has 0 aliphatic rings. The van der Waals surface area contributed by atoms with Gasteiger partial charge in [-0.05, 0) is 6.07 Å². The maximum absolute atomic E-state index is 12.1. The minimum absolute atomic E-state index is 0.270. The number of nitrogens with zero attached hydrogens (tertiary/aromatic N) is 1. The van der Waals surface area contributed by atoms with E-state index in [4.69, 9.17) is 23.2 Å². The molecule has 0 saturated heterocycles. The maximum Gasteiger partial charge on any atom is 0.534 e. The van der Waals surface area contributed by atoms with Crippen LogP contribution in [0.2, 0.25) is 10.0 Å². The Balaban J connectivity index is 3.41. The third kappa shape index (κ3) is 3.39. The van der Waals surface area contributed by atoms with Crippen molar-refractivity contribution in [2.45, 2.75) is 5.51 Å². The van der Waals surface area contributed by atoms with Gasteiger partial charge in [0.25, 0.3) is 0 Å². The highest BCUT2D eigenvalue weighted by molar-refractivity contribution is 7.88. The molecule has 0 N–H and O–H groups in total. The summed E-state index contributed by atoms with van der Waals surface area (Å²) in [4.78, 5) is 9.41. The lowest BCUT2D eigenvalue weighted by Gasteiger charge is -2.10. The lowest BCUT2D eigenvalue weighted by molar-refractivity contribution is -0.385. The molecule has 0 radical (unpaired) electrons. The average Bonchev–Trinajstić information content (AvgIpc) is 2.19. The van der Waals surface area contributed by atoms with Gasteiger partial charge in [0, 0.05) is 11.1 Å². The first kappa shape index (κ1) is 15.8. The van der Waals surface area contributed by atoms with Gasteiger partial charge in [-0.15, -0.1) is 0 Å². The molecule has 0 aliphatic heterocycles. The van der Waals surface area contributed by atoms with E-state index in [1.54, 1.807) is 0 Å². The largest absolute Gasteiger partial charge is 0.534 e. The highest BCUT2D eigenvalue weighted by atomic mass is 35.5. The Morgan fingerprint density at radius 1 is 1.26 bits per heavy atom. The Kier molecular flexibility index (Phi) is 4.17. The smallest absolute Gasteiger partial charge is 0.367 e. The molecule has 0 aliphatic carbocycles. The second-order valence-electron chi connectivity index (χ2n) is 2.98. The zero-order valence-corrected chi connectivity index (χ0v) is 10.8. The molecule has 1 aromatic rings. The molecule has 0 aromatic heterocycles. The molecule has 106 valence electrons. The van der Waals surface area contributed by atoms with E-state index in [2.05, 4.69) is 4.18 Å². The van der Waals surface area contributed by atoms with Crippen molar-refractivity contribution < 1.29 is 30.7 Å². The Morgan fingerprint density at radius 2 is 1.79 bits per heavy atom. The molecule has 12 heteroatoms. The maximum atomic E-state index is 12.1. The summed E-state index contributed by atoms with van der Waals surface area (Å²) in [6.45, 7) is 0. The van der Waals surface area contributed by atoms with Crippen LogP contribution in [0.4, 0.5) is 18.9 Å². The lowest BCUT2D eigenvalue weighted by atomic mass is 10.3. The van der Waals surface area contributed by atoms with Crippen LogP contribution in [0.15, 0.2) is 12.1 Å². The number of nitro benzene ring substituents is 1. The van der Waals surface area contributed by atoms with E-state index in [-0.39, 0.29) is 5.02 Å². The molecule has 1 rings (SSSR count). The second-order valence-corrected chi connectivity index (χ2v) is 5.36. The standard InChI is InChI=1S/C7H2Cl2F3NO5S/c8-3-1-4(9)6(5(2-3)13(14)15)18-19(16,17)7(10,11)12/h1-2H. The fourth-order valence-electron chi connectivity index (χ4n) is 0.922. The molecule has 0 unspecified atom stereocenters. The van der Waals surface area contributed by atoms with Crippen LogP contribution >= 0.6 is 23.2 Å². The first-order valence-electron chi connectivity index (χ1n) is 4.10. The molecule has 0 heterocycles. The molecule has 0 atom stereocenters. The van der Waals surface area contributed by atoms with E-state index >= 15 is 0 Å². The Hall–Kier alpha value is -1.26. The summed E-state index contributed by atoms with van der Waals surface area (Å²) >= 11 is 10.8. The van der Waals surface area contributed by atoms with Gasteiger partial charge in [0.15, 0.2) is 0 Å². The molecule has 1 aromatic carbocycles. The Labute approximate surface area is 114 Å². The van der Waals surface area contributed by atoms with Gasteiger partial charge in [0.1, 0.15) is 0 Å². The molecule has 6 nitrogen and oxygen atoms in total. The van der Waals surface area contributed by atoms with Crippen LogP contribution in [-0.2, 0) is 10.1 Å². The summed E-state index contributed by atoms with van der Waals surface area (Å²) in [5, 5.41) is 9.58. The fourth-order valence-corrected chi connectivity index (χ4v) is 1.98. The van der Waals surface area contributed by atoms with Crippen LogP contribution in [0.3, 0.4) is 0 Å². The number of benzene rings is 1. The van der Waals surface area contributed by atoms with E-state index < -0.39 is 37.0 Å². The van der Waals surface area contributed by atoms with E-state index in [1.807, 2.05) is 0 Å². The van der Waals surface area contributed by atoms with Crippen molar-refractivity contribution in [3.63, 3.8) is 0 Å². The summed E-state index contributed by atoms with van der Waals surface area (Å²) in [6, 6.07) is 1.41. The molecule has 0 bridgehead atoms. The van der Waals surface area contributed by atoms with Gasteiger partial charge in [0.2, 0.25) is 5.75 Å². The normalized spacial score (nSPS) is 12.3. The monoisotopic (exact) mass is 339 g/mol. The first-order chi connectivity index (χ1) is 8.45. The van der Waals surface area contributed by atoms with Crippen LogP contribution in [0.1, 0.15) is 0 Å². The Morgan fingerprint density at radius 3 is 2.21 bits per heavy atom. The average molecular weight is 340 g/mol. The lowest BCUT2D eigenvalue weighted by Crippen LogP contribution is -2.28. The number of halogens is 5. The number of alkyl halides is 3. The van der Waals surface area contributed by atoms with Gasteiger partial charge in [0.05, 0.1) is 9.95 Å². The zero-order valence-electron chi connectivity index (χ0n) is 8.44. The summed E-state index contributed by atoms with van der Waals surface area (Å²) in [5.74, 6) is -1.26. The molecule has 19 heavy (non-hydrogen) atoms. The highest BCUT2D eigenvalue weighted by Gasteiger charge is 2.49. The van der Waals surface area contributed by atoms with Gasteiger partial charge in [-0.3, -0.25) is 10.1 Å². The van der Waals surface area contributed by atoms with E-state index in [0.717, 1.165) is 6.07 Å². The number of rotatable bonds is 3. The third-order valence-corrected chi connectivity index (χ3v) is 3.11. The van der Waals surface area contributed by atoms with Crippen molar-refractivity contribution in [1.82, 2.24) is 0 Å². The van der Waals surface area contributed by atoms with Crippen molar-refractivity contribution >= 4 is 39.0 Å². The molecule has 0 saturated carbocycles. The van der Waals surface area contributed by atoms with Crippen LogP contribution < -0.4 is 4.18 Å². The van der Waals surface area contributed by atoms with Crippen molar-refractivity contribution in [2.75, 3.05) is 0 Å². The second kappa shape index (κ2) is 5.02. The number of nitro groups is 1. The van der Waals surface area contributed by atoms with Crippen molar-refractivity contribution in [3.05, 3.63) is 32.3 Å². The summed E-state index contributed by atoms with van der Waals surface area (Å²) in [5.41, 5.74) is -6.85. The van der Waals surface area contributed by atoms with Crippen molar-refractivity contribution in [1.29, 1.82) is 0 Å². The van der Waals surface area contributed by atoms with Gasteiger partial charge in [-0.1, -0.05) is 23.2 Å². The van der Waals surface area contributed by atoms with Crippen LogP contribution in [0.25, 0.3) is 0 Å². The quantitative estimate of drug-likeness (QED) is 0.365. The van der Waals surface area contributed by atoms with E-state index in [1.165, 1.54) is 0 Å². The predicted molar refractivity (Wildman–Crippen MR) is 58.7 cm³/mol. The third-order valence-electron chi connectivity index (χ3n) is 1.66. The summed E-state index contributed by atoms with van der Waals surface area (Å²) < 4.78 is 61.5.